The van der Waals surface area contributed by atoms with Crippen molar-refractivity contribution in [3.05, 3.63) is 4.91 Å². The number of hydrogen-bond donors (Lipinski definition) is 1. The van der Waals surface area contributed by atoms with Crippen LogP contribution < -0.4 is 0 Å². The van der Waals surface area contributed by atoms with E-state index in [1.54, 1.807) is 6.92 Å². The van der Waals surface area contributed by atoms with Crippen LogP contribution in [0.1, 0.15) is 65.7 Å². The van der Waals surface area contributed by atoms with Gasteiger partial charge in [0, 0.05) is 6.04 Å². The van der Waals surface area contributed by atoms with Gasteiger partial charge in [-0.25, -0.2) is 14.6 Å². The number of fused-ring (bicyclic) bond motifs is 1. The van der Waals surface area contributed by atoms with Gasteiger partial charge in [-0.2, -0.15) is 0 Å². The fraction of sp³-hybridized carbons (Fsp3) is 0.842. The lowest BCUT2D eigenvalue weighted by atomic mass is 9.84. The first kappa shape index (κ1) is 22.1. The lowest BCUT2D eigenvalue weighted by Gasteiger charge is -2.37. The number of carbonyl (C=O) groups excluding carboxylic acids is 2. The van der Waals surface area contributed by atoms with Crippen molar-refractivity contribution >= 4 is 17.8 Å². The van der Waals surface area contributed by atoms with Gasteiger partial charge < -0.3 is 14.7 Å². The summed E-state index contributed by atoms with van der Waals surface area (Å²) in [7, 11) is 0. The molecule has 1 N–H and O–H groups in total. The lowest BCUT2D eigenvalue weighted by molar-refractivity contribution is -0.157. The Kier molecular flexibility index (Phi) is 7.77. The number of esters is 1. The second kappa shape index (κ2) is 9.84. The highest BCUT2D eigenvalue weighted by Crippen LogP contribution is 2.40. The molecule has 0 aromatic rings. The zero-order valence-corrected chi connectivity index (χ0v) is 16.9. The number of nitroso groups, excluding NO2 is 1. The second-order valence-corrected chi connectivity index (χ2v) is 7.64. The summed E-state index contributed by atoms with van der Waals surface area (Å²) in [5.41, 5.74) is 0. The SMILES string of the molecule is CCC[C@@H](C(=O)OCC)N(N=O)[C@H](C)C(=O)N1[C@H](C(=O)O)C[C@@H]2CCCC[C@@H]21. The van der Waals surface area contributed by atoms with Gasteiger partial charge in [-0.15, -0.1) is 4.91 Å². The molecule has 1 saturated carbocycles. The summed E-state index contributed by atoms with van der Waals surface area (Å²) in [6.07, 6.45) is 5.00. The van der Waals surface area contributed by atoms with Crippen molar-refractivity contribution in [2.24, 2.45) is 11.2 Å². The highest BCUT2D eigenvalue weighted by Gasteiger charge is 2.49. The minimum Gasteiger partial charge on any atom is -0.480 e. The molecule has 2 fully saturated rings. The van der Waals surface area contributed by atoms with Crippen molar-refractivity contribution in [3.8, 4) is 0 Å². The largest absolute Gasteiger partial charge is 0.480 e. The maximum absolute atomic E-state index is 13.3. The van der Waals surface area contributed by atoms with Crippen LogP contribution in [0.15, 0.2) is 5.29 Å². The Hall–Kier alpha value is -2.19. The van der Waals surface area contributed by atoms with Crippen LogP contribution in [-0.4, -0.2) is 63.6 Å². The highest BCUT2D eigenvalue weighted by molar-refractivity contribution is 5.88. The number of rotatable bonds is 9. The van der Waals surface area contributed by atoms with E-state index in [1.165, 1.54) is 11.8 Å². The number of ether oxygens (including phenoxy) is 1. The summed E-state index contributed by atoms with van der Waals surface area (Å²) in [4.78, 5) is 50.4. The standard InChI is InChI=1S/C19H31N3O6/c1-4-8-15(19(26)28-5-2)22(20-27)12(3)17(23)21-14-10-7-6-9-13(14)11-16(21)18(24)25/h12-16H,4-11H2,1-3H3,(H,24,25)/t12-,13+,14+,15+,16+/m1/s1. The van der Waals surface area contributed by atoms with Crippen LogP contribution in [0.2, 0.25) is 0 Å². The summed E-state index contributed by atoms with van der Waals surface area (Å²) in [5, 5.41) is 13.5. The Balaban J connectivity index is 2.26. The minimum absolute atomic E-state index is 0.134. The first-order valence-corrected chi connectivity index (χ1v) is 10.2. The van der Waals surface area contributed by atoms with Gasteiger partial charge in [0.1, 0.15) is 18.1 Å². The van der Waals surface area contributed by atoms with E-state index in [2.05, 4.69) is 5.29 Å². The molecule has 0 unspecified atom stereocenters. The Morgan fingerprint density at radius 3 is 2.50 bits per heavy atom. The van der Waals surface area contributed by atoms with Crippen LogP contribution in [0.5, 0.6) is 0 Å². The highest BCUT2D eigenvalue weighted by atomic mass is 16.5. The van der Waals surface area contributed by atoms with E-state index < -0.39 is 36.0 Å². The molecule has 1 aliphatic heterocycles. The number of carboxylic acid groups (broad SMARTS) is 1. The van der Waals surface area contributed by atoms with Gasteiger partial charge in [-0.05, 0) is 45.4 Å². The number of carboxylic acids is 1. The Morgan fingerprint density at radius 2 is 1.93 bits per heavy atom. The lowest BCUT2D eigenvalue weighted by Crippen LogP contribution is -2.55. The predicted octanol–water partition coefficient (Wildman–Crippen LogP) is 2.33. The van der Waals surface area contributed by atoms with E-state index in [0.717, 1.165) is 30.7 Å². The Bertz CT molecular complexity index is 598. The molecule has 2 rings (SSSR count). The molecule has 2 aliphatic rings. The number of nitrogens with zero attached hydrogens (tertiary/aromatic N) is 3. The number of amides is 1. The molecule has 0 aromatic carbocycles. The molecule has 1 amide bonds. The molecule has 0 spiro atoms. The zero-order chi connectivity index (χ0) is 20.8. The van der Waals surface area contributed by atoms with Gasteiger partial charge in [0.25, 0.3) is 0 Å². The van der Waals surface area contributed by atoms with Crippen LogP contribution in [0.4, 0.5) is 0 Å². The minimum atomic E-state index is -1.04. The summed E-state index contributed by atoms with van der Waals surface area (Å²) in [6.45, 7) is 5.18. The van der Waals surface area contributed by atoms with Crippen LogP contribution in [0.3, 0.4) is 0 Å². The topological polar surface area (TPSA) is 117 Å². The smallest absolute Gasteiger partial charge is 0.330 e. The molecule has 158 valence electrons. The second-order valence-electron chi connectivity index (χ2n) is 7.64. The third-order valence-corrected chi connectivity index (χ3v) is 5.92. The summed E-state index contributed by atoms with van der Waals surface area (Å²) < 4.78 is 5.04. The molecule has 1 heterocycles. The van der Waals surface area contributed by atoms with E-state index in [0.29, 0.717) is 19.3 Å². The monoisotopic (exact) mass is 397 g/mol. The Labute approximate surface area is 165 Å². The number of aliphatic carboxylic acids is 1. The molecular weight excluding hydrogens is 366 g/mol. The summed E-state index contributed by atoms with van der Waals surface area (Å²) in [6, 6.07) is -3.04. The number of likely N-dealkylation sites (tertiary alicyclic amines) is 1. The summed E-state index contributed by atoms with van der Waals surface area (Å²) >= 11 is 0. The predicted molar refractivity (Wildman–Crippen MR) is 101 cm³/mol. The van der Waals surface area contributed by atoms with Gasteiger partial charge in [0.15, 0.2) is 0 Å². The summed E-state index contributed by atoms with van der Waals surface area (Å²) in [5.74, 6) is -1.93. The van der Waals surface area contributed by atoms with Crippen molar-refractivity contribution in [2.45, 2.75) is 89.9 Å². The van der Waals surface area contributed by atoms with Gasteiger partial charge in [0.2, 0.25) is 5.91 Å². The third kappa shape index (κ3) is 4.44. The van der Waals surface area contributed by atoms with E-state index in [1.807, 2.05) is 6.92 Å². The van der Waals surface area contributed by atoms with E-state index >= 15 is 0 Å². The van der Waals surface area contributed by atoms with Crippen molar-refractivity contribution in [2.75, 3.05) is 6.61 Å². The fourth-order valence-corrected chi connectivity index (χ4v) is 4.59. The van der Waals surface area contributed by atoms with Gasteiger partial charge in [-0.1, -0.05) is 26.2 Å². The molecule has 5 atom stereocenters. The fourth-order valence-electron chi connectivity index (χ4n) is 4.59. The van der Waals surface area contributed by atoms with Gasteiger partial charge >= 0.3 is 11.9 Å². The maximum atomic E-state index is 13.3. The number of carbonyl (C=O) groups is 3. The van der Waals surface area contributed by atoms with Crippen molar-refractivity contribution < 1.29 is 24.2 Å². The molecule has 9 nitrogen and oxygen atoms in total. The third-order valence-electron chi connectivity index (χ3n) is 5.92. The number of hydrogen-bond acceptors (Lipinski definition) is 6. The molecule has 1 saturated heterocycles. The van der Waals surface area contributed by atoms with Crippen LogP contribution in [0.25, 0.3) is 0 Å². The van der Waals surface area contributed by atoms with Gasteiger partial charge in [0.05, 0.1) is 11.9 Å². The maximum Gasteiger partial charge on any atom is 0.330 e. The van der Waals surface area contributed by atoms with Crippen molar-refractivity contribution in [3.63, 3.8) is 0 Å². The van der Waals surface area contributed by atoms with E-state index in [-0.39, 0.29) is 18.6 Å². The molecule has 9 heteroatoms. The first-order chi connectivity index (χ1) is 13.4. The quantitative estimate of drug-likeness (QED) is 0.360. The molecule has 0 radical (unpaired) electrons. The average Bonchev–Trinajstić information content (AvgIpc) is 3.07. The van der Waals surface area contributed by atoms with E-state index in [4.69, 9.17) is 4.74 Å². The molecule has 1 aliphatic carbocycles. The van der Waals surface area contributed by atoms with Crippen molar-refractivity contribution in [1.29, 1.82) is 0 Å². The van der Waals surface area contributed by atoms with E-state index in [9.17, 15) is 24.4 Å². The Morgan fingerprint density at radius 1 is 1.25 bits per heavy atom. The van der Waals surface area contributed by atoms with Crippen LogP contribution in [-0.2, 0) is 19.1 Å². The molecule has 28 heavy (non-hydrogen) atoms. The zero-order valence-electron chi connectivity index (χ0n) is 16.9. The molecule has 0 bridgehead atoms. The van der Waals surface area contributed by atoms with Crippen LogP contribution >= 0.6 is 0 Å². The molecule has 0 aromatic heterocycles. The first-order valence-electron chi connectivity index (χ1n) is 10.2. The van der Waals surface area contributed by atoms with Crippen LogP contribution in [0, 0.1) is 10.8 Å². The average molecular weight is 397 g/mol. The van der Waals surface area contributed by atoms with Crippen molar-refractivity contribution in [1.82, 2.24) is 9.91 Å². The normalized spacial score (nSPS) is 26.1. The molecular formula is C19H31N3O6. The van der Waals surface area contributed by atoms with Gasteiger partial charge in [-0.3, -0.25) is 4.79 Å².